The van der Waals surface area contributed by atoms with Crippen LogP contribution in [0.3, 0.4) is 0 Å². The number of nitrogens with zero attached hydrogens (tertiary/aromatic N) is 1. The van der Waals surface area contributed by atoms with Gasteiger partial charge in [0, 0.05) is 18.3 Å². The van der Waals surface area contributed by atoms with Gasteiger partial charge >= 0.3 is 6.09 Å². The van der Waals surface area contributed by atoms with Crippen molar-refractivity contribution in [3.8, 4) is 0 Å². The van der Waals surface area contributed by atoms with Crippen molar-refractivity contribution in [2.24, 2.45) is 5.73 Å². The van der Waals surface area contributed by atoms with Gasteiger partial charge in [-0.3, -0.25) is 0 Å². The number of nitrogens with one attached hydrogen (secondary N) is 1. The zero-order chi connectivity index (χ0) is 13.8. The number of ether oxygens (including phenoxy) is 1. The fraction of sp³-hybridized carbons (Fsp3) is 0.545. The zero-order valence-corrected chi connectivity index (χ0v) is 12.3. The van der Waals surface area contributed by atoms with Crippen LogP contribution in [0, 0.1) is 0 Å². The predicted octanol–water partition coefficient (Wildman–Crippen LogP) is 1.84. The van der Waals surface area contributed by atoms with Crippen molar-refractivity contribution in [3.63, 3.8) is 0 Å². The van der Waals surface area contributed by atoms with E-state index in [1.807, 2.05) is 26.2 Å². The third-order valence-electron chi connectivity index (χ3n) is 1.81. The number of aromatic nitrogens is 1. The fourth-order valence-corrected chi connectivity index (χ4v) is 2.10. The average Bonchev–Trinajstić information content (AvgIpc) is 2.63. The summed E-state index contributed by atoms with van der Waals surface area (Å²) < 4.78 is 5.11. The van der Waals surface area contributed by atoms with Gasteiger partial charge in [0.2, 0.25) is 0 Å². The van der Waals surface area contributed by atoms with Gasteiger partial charge in [-0.2, -0.15) is 0 Å². The maximum atomic E-state index is 11.4. The van der Waals surface area contributed by atoms with E-state index in [4.69, 9.17) is 22.7 Å². The standard InChI is InChI=1S/C11H17N3O2S2/c1-11(2,3)16-10(15)13-5-4-8-14-7(6-18-8)9(12)17/h6H,4-5H2,1-3H3,(H2,12,17)(H,13,15). The van der Waals surface area contributed by atoms with E-state index < -0.39 is 11.7 Å². The summed E-state index contributed by atoms with van der Waals surface area (Å²) >= 11 is 6.29. The lowest BCUT2D eigenvalue weighted by Gasteiger charge is -2.19. The lowest BCUT2D eigenvalue weighted by molar-refractivity contribution is 0.0528. The second-order valence-corrected chi connectivity index (χ2v) is 6.05. The number of carbonyl (C=O) groups excluding carboxylic acids is 1. The molecule has 1 amide bonds. The average molecular weight is 287 g/mol. The maximum Gasteiger partial charge on any atom is 0.407 e. The van der Waals surface area contributed by atoms with Crippen LogP contribution in [0.2, 0.25) is 0 Å². The molecule has 0 unspecified atom stereocenters. The molecule has 0 aliphatic heterocycles. The first-order valence-corrected chi connectivity index (χ1v) is 6.78. The quantitative estimate of drug-likeness (QED) is 0.826. The Labute approximate surface area is 116 Å². The van der Waals surface area contributed by atoms with Crippen molar-refractivity contribution in [1.82, 2.24) is 10.3 Å². The molecule has 100 valence electrons. The highest BCUT2D eigenvalue weighted by Crippen LogP contribution is 2.10. The van der Waals surface area contributed by atoms with E-state index >= 15 is 0 Å². The first-order chi connectivity index (χ1) is 8.28. The van der Waals surface area contributed by atoms with Gasteiger partial charge in [-0.15, -0.1) is 11.3 Å². The van der Waals surface area contributed by atoms with E-state index in [0.717, 1.165) is 5.01 Å². The van der Waals surface area contributed by atoms with E-state index in [1.54, 1.807) is 0 Å². The first kappa shape index (κ1) is 14.8. The largest absolute Gasteiger partial charge is 0.444 e. The van der Waals surface area contributed by atoms with Crippen LogP contribution in [0.25, 0.3) is 0 Å². The van der Waals surface area contributed by atoms with Crippen LogP contribution in [0.1, 0.15) is 31.5 Å². The molecule has 18 heavy (non-hydrogen) atoms. The molecule has 3 N–H and O–H groups in total. The number of hydrogen-bond donors (Lipinski definition) is 2. The number of thiazole rings is 1. The van der Waals surface area contributed by atoms with Gasteiger partial charge in [-0.25, -0.2) is 9.78 Å². The van der Waals surface area contributed by atoms with E-state index in [9.17, 15) is 4.79 Å². The molecule has 1 aromatic heterocycles. The highest BCUT2D eigenvalue weighted by atomic mass is 32.1. The van der Waals surface area contributed by atoms with Crippen molar-refractivity contribution in [1.29, 1.82) is 0 Å². The number of rotatable bonds is 4. The third kappa shape index (κ3) is 5.42. The lowest BCUT2D eigenvalue weighted by atomic mass is 10.2. The van der Waals surface area contributed by atoms with Crippen LogP contribution in [-0.4, -0.2) is 28.2 Å². The molecule has 0 atom stereocenters. The van der Waals surface area contributed by atoms with E-state index in [2.05, 4.69) is 10.3 Å². The minimum Gasteiger partial charge on any atom is -0.444 e. The molecule has 1 heterocycles. The number of nitrogens with two attached hydrogens (primary N) is 1. The van der Waals surface area contributed by atoms with Crippen LogP contribution in [0.15, 0.2) is 5.38 Å². The summed E-state index contributed by atoms with van der Waals surface area (Å²) in [5, 5.41) is 5.36. The summed E-state index contributed by atoms with van der Waals surface area (Å²) in [6.45, 7) is 5.94. The predicted molar refractivity (Wildman–Crippen MR) is 75.9 cm³/mol. The molecular weight excluding hydrogens is 270 g/mol. The fourth-order valence-electron chi connectivity index (χ4n) is 1.12. The minimum absolute atomic E-state index is 0.289. The van der Waals surface area contributed by atoms with Crippen LogP contribution in [-0.2, 0) is 11.2 Å². The molecule has 1 aromatic rings. The summed E-state index contributed by atoms with van der Waals surface area (Å²) in [4.78, 5) is 15.9. The highest BCUT2D eigenvalue weighted by molar-refractivity contribution is 7.80. The molecule has 5 nitrogen and oxygen atoms in total. The Bertz CT molecular complexity index is 438. The second kappa shape index (κ2) is 6.10. The molecule has 1 rings (SSSR count). The zero-order valence-electron chi connectivity index (χ0n) is 10.6. The Hall–Kier alpha value is -1.21. The van der Waals surface area contributed by atoms with Crippen LogP contribution in [0.4, 0.5) is 4.79 Å². The molecule has 0 aromatic carbocycles. The summed E-state index contributed by atoms with van der Waals surface area (Å²) in [6, 6.07) is 0. The number of thiocarbonyl (C=S) groups is 1. The number of carbonyl (C=O) groups is 1. The maximum absolute atomic E-state index is 11.4. The van der Waals surface area contributed by atoms with Crippen molar-refractivity contribution in [3.05, 3.63) is 16.1 Å². The van der Waals surface area contributed by atoms with Crippen LogP contribution in [0.5, 0.6) is 0 Å². The molecule has 0 saturated carbocycles. The third-order valence-corrected chi connectivity index (χ3v) is 2.93. The van der Waals surface area contributed by atoms with Crippen molar-refractivity contribution in [2.45, 2.75) is 32.8 Å². The molecule has 0 spiro atoms. The summed E-state index contributed by atoms with van der Waals surface area (Å²) in [5.74, 6) is 0. The Morgan fingerprint density at radius 3 is 2.78 bits per heavy atom. The van der Waals surface area contributed by atoms with Gasteiger partial charge in [-0.1, -0.05) is 12.2 Å². The number of alkyl carbamates (subject to hydrolysis) is 1. The molecule has 0 aliphatic rings. The van der Waals surface area contributed by atoms with E-state index in [1.165, 1.54) is 11.3 Å². The smallest absolute Gasteiger partial charge is 0.407 e. The molecule has 0 bridgehead atoms. The van der Waals surface area contributed by atoms with Gasteiger partial charge in [-0.05, 0) is 20.8 Å². The van der Waals surface area contributed by atoms with Gasteiger partial charge in [0.1, 0.15) is 16.3 Å². The lowest BCUT2D eigenvalue weighted by Crippen LogP contribution is -2.33. The Morgan fingerprint density at radius 2 is 2.28 bits per heavy atom. The molecular formula is C11H17N3O2S2. The Morgan fingerprint density at radius 1 is 1.61 bits per heavy atom. The topological polar surface area (TPSA) is 77.2 Å². The van der Waals surface area contributed by atoms with Crippen molar-refractivity contribution in [2.75, 3.05) is 6.54 Å². The summed E-state index contributed by atoms with van der Waals surface area (Å²) in [6.07, 6.45) is 0.209. The van der Waals surface area contributed by atoms with Gasteiger partial charge in [0.15, 0.2) is 0 Å². The molecule has 7 heteroatoms. The van der Waals surface area contributed by atoms with Gasteiger partial charge in [0.25, 0.3) is 0 Å². The molecule has 0 aliphatic carbocycles. The molecule has 0 radical (unpaired) electrons. The van der Waals surface area contributed by atoms with Gasteiger partial charge < -0.3 is 15.8 Å². The number of amides is 1. The number of hydrogen-bond acceptors (Lipinski definition) is 5. The first-order valence-electron chi connectivity index (χ1n) is 5.49. The minimum atomic E-state index is -0.482. The van der Waals surface area contributed by atoms with Crippen LogP contribution < -0.4 is 11.1 Å². The normalized spacial score (nSPS) is 11.1. The van der Waals surface area contributed by atoms with Crippen molar-refractivity contribution < 1.29 is 9.53 Å². The second-order valence-electron chi connectivity index (χ2n) is 4.67. The van der Waals surface area contributed by atoms with E-state index in [-0.39, 0.29) is 4.99 Å². The molecule has 0 fully saturated rings. The highest BCUT2D eigenvalue weighted by Gasteiger charge is 2.15. The van der Waals surface area contributed by atoms with Crippen LogP contribution >= 0.6 is 23.6 Å². The Kier molecular flexibility index (Phi) is 5.03. The SMILES string of the molecule is CC(C)(C)OC(=O)NCCc1nc(C(N)=S)cs1. The van der Waals surface area contributed by atoms with E-state index in [0.29, 0.717) is 18.7 Å². The van der Waals surface area contributed by atoms with Gasteiger partial charge in [0.05, 0.1) is 5.01 Å². The monoisotopic (exact) mass is 287 g/mol. The van der Waals surface area contributed by atoms with Crippen molar-refractivity contribution >= 4 is 34.6 Å². The Balaban J connectivity index is 2.33. The summed E-state index contributed by atoms with van der Waals surface area (Å²) in [7, 11) is 0. The molecule has 0 saturated heterocycles. The summed E-state index contributed by atoms with van der Waals surface area (Å²) in [5.41, 5.74) is 5.60.